The van der Waals surface area contributed by atoms with Gasteiger partial charge in [-0.25, -0.2) is 0 Å². The van der Waals surface area contributed by atoms with Crippen LogP contribution in [-0.4, -0.2) is 43.9 Å². The quantitative estimate of drug-likeness (QED) is 0.894. The van der Waals surface area contributed by atoms with Crippen LogP contribution in [0.4, 0.5) is 5.69 Å². The Hall–Kier alpha value is -1.59. The molecule has 1 aromatic carbocycles. The molecule has 0 spiro atoms. The van der Waals surface area contributed by atoms with Gasteiger partial charge in [0.25, 0.3) is 5.91 Å². The van der Waals surface area contributed by atoms with Crippen molar-refractivity contribution in [3.8, 4) is 0 Å². The zero-order valence-corrected chi connectivity index (χ0v) is 13.2. The number of piperidine rings is 1. The Kier molecular flexibility index (Phi) is 6.65. The minimum Gasteiger partial charge on any atom is -0.345 e. The first-order valence-electron chi connectivity index (χ1n) is 6.91. The van der Waals surface area contributed by atoms with Gasteiger partial charge in [-0.05, 0) is 37.6 Å². The highest BCUT2D eigenvalue weighted by atomic mass is 35.5. The molecular weight excluding hydrogens is 290 g/mol. The first-order valence-corrected chi connectivity index (χ1v) is 6.91. The molecule has 1 aliphatic heterocycles. The molecule has 21 heavy (non-hydrogen) atoms. The van der Waals surface area contributed by atoms with Crippen LogP contribution >= 0.6 is 12.4 Å². The third kappa shape index (κ3) is 4.72. The molecule has 2 rings (SSSR count). The summed E-state index contributed by atoms with van der Waals surface area (Å²) in [7, 11) is 3.42. The topological polar surface area (TPSA) is 61.4 Å². The molecule has 1 aliphatic rings. The predicted octanol–water partition coefficient (Wildman–Crippen LogP) is 1.75. The maximum Gasteiger partial charge on any atom is 0.253 e. The summed E-state index contributed by atoms with van der Waals surface area (Å²) in [6.07, 6.45) is 1.94. The average molecular weight is 312 g/mol. The zero-order chi connectivity index (χ0) is 14.5. The number of anilines is 1. The summed E-state index contributed by atoms with van der Waals surface area (Å²) in [4.78, 5) is 25.5. The number of benzene rings is 1. The summed E-state index contributed by atoms with van der Waals surface area (Å²) in [5, 5.41) is 6.12. The van der Waals surface area contributed by atoms with Crippen molar-refractivity contribution in [3.05, 3.63) is 29.8 Å². The van der Waals surface area contributed by atoms with Crippen LogP contribution in [0.25, 0.3) is 0 Å². The minimum atomic E-state index is -0.0690. The largest absolute Gasteiger partial charge is 0.345 e. The number of halogens is 1. The summed E-state index contributed by atoms with van der Waals surface area (Å²) >= 11 is 0. The third-order valence-electron chi connectivity index (χ3n) is 3.45. The number of carbonyl (C=O) groups excluding carboxylic acids is 2. The predicted molar refractivity (Wildman–Crippen MR) is 85.9 cm³/mol. The average Bonchev–Trinajstić information content (AvgIpc) is 2.47. The molecule has 2 amide bonds. The highest BCUT2D eigenvalue weighted by Crippen LogP contribution is 2.16. The van der Waals surface area contributed by atoms with Crippen LogP contribution in [0.15, 0.2) is 24.3 Å². The van der Waals surface area contributed by atoms with Gasteiger partial charge in [-0.2, -0.15) is 0 Å². The number of rotatable bonds is 3. The van der Waals surface area contributed by atoms with E-state index in [1.54, 1.807) is 38.4 Å². The van der Waals surface area contributed by atoms with Crippen molar-refractivity contribution in [2.24, 2.45) is 5.92 Å². The highest BCUT2D eigenvalue weighted by Gasteiger charge is 2.21. The Morgan fingerprint density at radius 2 is 2.10 bits per heavy atom. The SMILES string of the molecule is CN(C)C(=O)c1cccc(NC(=O)C2CCCNC2)c1.Cl. The van der Waals surface area contributed by atoms with Crippen molar-refractivity contribution in [1.29, 1.82) is 0 Å². The molecule has 5 nitrogen and oxygen atoms in total. The number of nitrogens with zero attached hydrogens (tertiary/aromatic N) is 1. The molecular formula is C15H22ClN3O2. The number of carbonyl (C=O) groups is 2. The van der Waals surface area contributed by atoms with Gasteiger partial charge in [0.2, 0.25) is 5.91 Å². The molecule has 0 aromatic heterocycles. The molecule has 0 radical (unpaired) electrons. The van der Waals surface area contributed by atoms with E-state index in [1.807, 2.05) is 0 Å². The lowest BCUT2D eigenvalue weighted by Crippen LogP contribution is -2.37. The summed E-state index contributed by atoms with van der Waals surface area (Å²) in [5.41, 5.74) is 1.25. The fraction of sp³-hybridized carbons (Fsp3) is 0.467. The Morgan fingerprint density at radius 1 is 1.33 bits per heavy atom. The lowest BCUT2D eigenvalue weighted by molar-refractivity contribution is -0.120. The van der Waals surface area contributed by atoms with Gasteiger partial charge in [0.15, 0.2) is 0 Å². The van der Waals surface area contributed by atoms with Gasteiger partial charge in [0.05, 0.1) is 5.92 Å². The fourth-order valence-electron chi connectivity index (χ4n) is 2.31. The van der Waals surface area contributed by atoms with E-state index < -0.39 is 0 Å². The molecule has 1 heterocycles. The van der Waals surface area contributed by atoms with Crippen molar-refractivity contribution >= 4 is 29.9 Å². The number of nitrogens with one attached hydrogen (secondary N) is 2. The Morgan fingerprint density at radius 3 is 2.71 bits per heavy atom. The number of hydrogen-bond donors (Lipinski definition) is 2. The molecule has 1 aromatic rings. The van der Waals surface area contributed by atoms with E-state index in [0.29, 0.717) is 11.3 Å². The maximum absolute atomic E-state index is 12.1. The standard InChI is InChI=1S/C15H21N3O2.ClH/c1-18(2)15(20)11-5-3-7-13(9-11)17-14(19)12-6-4-8-16-10-12;/h3,5,7,9,12,16H,4,6,8,10H2,1-2H3,(H,17,19);1H. The van der Waals surface area contributed by atoms with Crippen LogP contribution in [0.2, 0.25) is 0 Å². The molecule has 6 heteroatoms. The molecule has 1 fully saturated rings. The van der Waals surface area contributed by atoms with E-state index in [2.05, 4.69) is 10.6 Å². The molecule has 1 unspecified atom stereocenters. The van der Waals surface area contributed by atoms with Gasteiger partial charge in [0, 0.05) is 31.9 Å². The normalized spacial score (nSPS) is 17.5. The summed E-state index contributed by atoms with van der Waals surface area (Å²) in [5.74, 6) is -0.0379. The first kappa shape index (κ1) is 17.5. The Labute approximate surface area is 131 Å². The van der Waals surface area contributed by atoms with Gasteiger partial charge in [-0.3, -0.25) is 9.59 Å². The van der Waals surface area contributed by atoms with Crippen LogP contribution < -0.4 is 10.6 Å². The fourth-order valence-corrected chi connectivity index (χ4v) is 2.31. The number of amides is 2. The van der Waals surface area contributed by atoms with E-state index >= 15 is 0 Å². The maximum atomic E-state index is 12.1. The zero-order valence-electron chi connectivity index (χ0n) is 12.4. The van der Waals surface area contributed by atoms with Crippen LogP contribution in [-0.2, 0) is 4.79 Å². The minimum absolute atomic E-state index is 0. The lowest BCUT2D eigenvalue weighted by Gasteiger charge is -2.22. The smallest absolute Gasteiger partial charge is 0.253 e. The molecule has 0 bridgehead atoms. The monoisotopic (exact) mass is 311 g/mol. The van der Waals surface area contributed by atoms with Crippen LogP contribution in [0.3, 0.4) is 0 Å². The highest BCUT2D eigenvalue weighted by molar-refractivity contribution is 5.97. The van der Waals surface area contributed by atoms with Crippen molar-refractivity contribution in [2.75, 3.05) is 32.5 Å². The lowest BCUT2D eigenvalue weighted by atomic mass is 9.98. The second-order valence-corrected chi connectivity index (χ2v) is 5.31. The van der Waals surface area contributed by atoms with Gasteiger partial charge in [0.1, 0.15) is 0 Å². The van der Waals surface area contributed by atoms with Crippen molar-refractivity contribution < 1.29 is 9.59 Å². The second kappa shape index (κ2) is 8.00. The van der Waals surface area contributed by atoms with Gasteiger partial charge >= 0.3 is 0 Å². The van der Waals surface area contributed by atoms with Crippen LogP contribution in [0, 0.1) is 5.92 Å². The number of hydrogen-bond acceptors (Lipinski definition) is 3. The van der Waals surface area contributed by atoms with Crippen molar-refractivity contribution in [3.63, 3.8) is 0 Å². The second-order valence-electron chi connectivity index (χ2n) is 5.31. The van der Waals surface area contributed by atoms with Gasteiger partial charge in [-0.15, -0.1) is 12.4 Å². The van der Waals surface area contributed by atoms with Crippen LogP contribution in [0.5, 0.6) is 0 Å². The van der Waals surface area contributed by atoms with E-state index in [4.69, 9.17) is 0 Å². The molecule has 1 saturated heterocycles. The van der Waals surface area contributed by atoms with Crippen molar-refractivity contribution in [2.45, 2.75) is 12.8 Å². The third-order valence-corrected chi connectivity index (χ3v) is 3.45. The van der Waals surface area contributed by atoms with Crippen LogP contribution in [0.1, 0.15) is 23.2 Å². The molecule has 0 saturated carbocycles. The Balaban J connectivity index is 0.00000220. The summed E-state index contributed by atoms with van der Waals surface area (Å²) in [6, 6.07) is 7.06. The van der Waals surface area contributed by atoms with Gasteiger partial charge < -0.3 is 15.5 Å². The van der Waals surface area contributed by atoms with Crippen molar-refractivity contribution in [1.82, 2.24) is 10.2 Å². The summed E-state index contributed by atoms with van der Waals surface area (Å²) < 4.78 is 0. The van der Waals surface area contributed by atoms with Gasteiger partial charge in [-0.1, -0.05) is 6.07 Å². The molecule has 0 aliphatic carbocycles. The van der Waals surface area contributed by atoms with E-state index in [9.17, 15) is 9.59 Å². The van der Waals surface area contributed by atoms with E-state index in [0.717, 1.165) is 25.9 Å². The Bertz CT molecular complexity index is 499. The summed E-state index contributed by atoms with van der Waals surface area (Å²) in [6.45, 7) is 1.71. The molecule has 2 N–H and O–H groups in total. The first-order chi connectivity index (χ1) is 9.58. The van der Waals surface area contributed by atoms with E-state index in [1.165, 1.54) is 4.90 Å². The molecule has 116 valence electrons. The van der Waals surface area contributed by atoms with E-state index in [-0.39, 0.29) is 30.1 Å². The molecule has 1 atom stereocenters.